The van der Waals surface area contributed by atoms with Crippen molar-refractivity contribution in [1.29, 1.82) is 0 Å². The summed E-state index contributed by atoms with van der Waals surface area (Å²) in [5.74, 6) is 0.417. The van der Waals surface area contributed by atoms with Crippen molar-refractivity contribution in [2.24, 2.45) is 5.92 Å². The molecule has 0 saturated carbocycles. The highest BCUT2D eigenvalue weighted by Gasteiger charge is 2.29. The van der Waals surface area contributed by atoms with Gasteiger partial charge in [-0.1, -0.05) is 6.92 Å². The van der Waals surface area contributed by atoms with Gasteiger partial charge in [-0.05, 0) is 67.6 Å². The van der Waals surface area contributed by atoms with Crippen LogP contribution in [0.1, 0.15) is 43.0 Å². The van der Waals surface area contributed by atoms with Gasteiger partial charge in [0.05, 0.1) is 17.6 Å². The summed E-state index contributed by atoms with van der Waals surface area (Å²) in [6, 6.07) is 11.4. The monoisotopic (exact) mass is 471 g/mol. The number of hydrogen-bond donors (Lipinski definition) is 1. The zero-order valence-corrected chi connectivity index (χ0v) is 19.7. The third-order valence-corrected chi connectivity index (χ3v) is 8.20. The molecule has 0 bridgehead atoms. The Morgan fingerprint density at radius 1 is 1.06 bits per heavy atom. The van der Waals surface area contributed by atoms with Crippen LogP contribution in [-0.2, 0) is 14.8 Å². The zero-order chi connectivity index (χ0) is 23.6. The molecule has 8 nitrogen and oxygen atoms in total. The topological polar surface area (TPSA) is 96.0 Å². The number of nitrogens with one attached hydrogen (secondary N) is 1. The quantitative estimate of drug-likeness (QED) is 0.696. The predicted molar refractivity (Wildman–Crippen MR) is 126 cm³/mol. The molecule has 0 radical (unpaired) electrons. The van der Waals surface area contributed by atoms with Crippen LogP contribution in [0.25, 0.3) is 0 Å². The van der Waals surface area contributed by atoms with Crippen molar-refractivity contribution < 1.29 is 22.7 Å². The fourth-order valence-electron chi connectivity index (χ4n) is 4.24. The number of amides is 2. The van der Waals surface area contributed by atoms with Crippen LogP contribution in [0.5, 0.6) is 5.75 Å². The molecule has 2 aliphatic heterocycles. The largest absolute Gasteiger partial charge is 0.496 e. The van der Waals surface area contributed by atoms with Gasteiger partial charge in [0, 0.05) is 37.4 Å². The molecule has 176 valence electrons. The summed E-state index contributed by atoms with van der Waals surface area (Å²) in [5.41, 5.74) is 1.47. The van der Waals surface area contributed by atoms with Crippen molar-refractivity contribution in [1.82, 2.24) is 4.31 Å². The molecule has 0 atom stereocenters. The molecule has 0 spiro atoms. The van der Waals surface area contributed by atoms with Crippen molar-refractivity contribution in [3.63, 3.8) is 0 Å². The molecule has 2 aromatic carbocycles. The molecule has 2 saturated heterocycles. The van der Waals surface area contributed by atoms with Crippen molar-refractivity contribution in [3.8, 4) is 5.75 Å². The van der Waals surface area contributed by atoms with Gasteiger partial charge in [0.15, 0.2) is 0 Å². The van der Waals surface area contributed by atoms with E-state index in [9.17, 15) is 18.0 Å². The molecule has 33 heavy (non-hydrogen) atoms. The second-order valence-electron chi connectivity index (χ2n) is 8.60. The lowest BCUT2D eigenvalue weighted by molar-refractivity contribution is -0.117. The Bertz CT molecular complexity index is 1140. The van der Waals surface area contributed by atoms with Gasteiger partial charge >= 0.3 is 0 Å². The standard InChI is InChI=1S/C24H29N3O5S/c1-17-11-14-26(15-12-17)33(30,31)20-9-10-22(32-2)21(16-20)24(29)25-18-5-7-19(8-6-18)27-13-3-4-23(27)28/h5-10,16-17H,3-4,11-15H2,1-2H3,(H,25,29). The summed E-state index contributed by atoms with van der Waals surface area (Å²) in [5, 5.41) is 2.80. The Balaban J connectivity index is 1.54. The highest BCUT2D eigenvalue weighted by Crippen LogP contribution is 2.29. The lowest BCUT2D eigenvalue weighted by atomic mass is 10.0. The number of nitrogens with zero attached hydrogens (tertiary/aromatic N) is 2. The number of benzene rings is 2. The highest BCUT2D eigenvalue weighted by molar-refractivity contribution is 7.89. The van der Waals surface area contributed by atoms with Crippen molar-refractivity contribution in [2.45, 2.75) is 37.5 Å². The molecule has 0 unspecified atom stereocenters. The maximum atomic E-state index is 13.1. The van der Waals surface area contributed by atoms with E-state index in [1.807, 2.05) is 0 Å². The van der Waals surface area contributed by atoms with E-state index in [2.05, 4.69) is 12.2 Å². The van der Waals surface area contributed by atoms with Gasteiger partial charge < -0.3 is 15.0 Å². The molecule has 4 rings (SSSR count). The molecule has 9 heteroatoms. The summed E-state index contributed by atoms with van der Waals surface area (Å²) in [4.78, 5) is 26.7. The van der Waals surface area contributed by atoms with Gasteiger partial charge in [-0.25, -0.2) is 8.42 Å². The minimum absolute atomic E-state index is 0.0749. The van der Waals surface area contributed by atoms with E-state index in [1.165, 1.54) is 29.6 Å². The molecule has 2 heterocycles. The van der Waals surface area contributed by atoms with Crippen LogP contribution in [0.15, 0.2) is 47.4 Å². The molecule has 1 N–H and O–H groups in total. The lowest BCUT2D eigenvalue weighted by Gasteiger charge is -2.29. The zero-order valence-electron chi connectivity index (χ0n) is 18.9. The number of carbonyl (C=O) groups is 2. The first kappa shape index (κ1) is 23.3. The van der Waals surface area contributed by atoms with Crippen molar-refractivity contribution in [3.05, 3.63) is 48.0 Å². The third kappa shape index (κ3) is 4.89. The van der Waals surface area contributed by atoms with Gasteiger partial charge in [0.2, 0.25) is 15.9 Å². The van der Waals surface area contributed by atoms with Gasteiger partial charge in [0.25, 0.3) is 5.91 Å². The molecular formula is C24H29N3O5S. The van der Waals surface area contributed by atoms with Crippen LogP contribution in [0.2, 0.25) is 0 Å². The first-order chi connectivity index (χ1) is 15.8. The number of anilines is 2. The molecule has 0 aromatic heterocycles. The van der Waals surface area contributed by atoms with Crippen LogP contribution in [0, 0.1) is 5.92 Å². The molecule has 2 amide bonds. The maximum absolute atomic E-state index is 13.1. The fourth-order valence-corrected chi connectivity index (χ4v) is 5.74. The smallest absolute Gasteiger partial charge is 0.259 e. The van der Waals surface area contributed by atoms with E-state index >= 15 is 0 Å². The Labute approximate surface area is 194 Å². The summed E-state index contributed by atoms with van der Waals surface area (Å²) in [6.07, 6.45) is 3.03. The Kier molecular flexibility index (Phi) is 6.71. The van der Waals surface area contributed by atoms with Crippen molar-refractivity contribution >= 4 is 33.2 Å². The molecule has 0 aliphatic carbocycles. The van der Waals surface area contributed by atoms with Crippen LogP contribution >= 0.6 is 0 Å². The predicted octanol–water partition coefficient (Wildman–Crippen LogP) is 3.49. The number of hydrogen-bond acceptors (Lipinski definition) is 5. The Hall–Kier alpha value is -2.91. The first-order valence-electron chi connectivity index (χ1n) is 11.2. The second-order valence-corrected chi connectivity index (χ2v) is 10.5. The average Bonchev–Trinajstić information content (AvgIpc) is 3.25. The van der Waals surface area contributed by atoms with Crippen molar-refractivity contribution in [2.75, 3.05) is 37.0 Å². The SMILES string of the molecule is COc1ccc(S(=O)(=O)N2CCC(C)CC2)cc1C(=O)Nc1ccc(N2CCCC2=O)cc1. The minimum atomic E-state index is -3.70. The van der Waals surface area contributed by atoms with E-state index < -0.39 is 15.9 Å². The van der Waals surface area contributed by atoms with E-state index in [1.54, 1.807) is 29.2 Å². The summed E-state index contributed by atoms with van der Waals surface area (Å²) in [6.45, 7) is 3.76. The van der Waals surface area contributed by atoms with E-state index in [0.29, 0.717) is 37.7 Å². The van der Waals surface area contributed by atoms with Crippen LogP contribution < -0.4 is 15.0 Å². The summed E-state index contributed by atoms with van der Waals surface area (Å²) in [7, 11) is -2.26. The molecule has 2 aliphatic rings. The first-order valence-corrected chi connectivity index (χ1v) is 12.6. The second kappa shape index (κ2) is 9.52. The normalized spacial score (nSPS) is 17.9. The number of piperidine rings is 1. The Morgan fingerprint density at radius 2 is 1.76 bits per heavy atom. The number of methoxy groups -OCH3 is 1. The summed E-state index contributed by atoms with van der Waals surface area (Å²) >= 11 is 0. The van der Waals surface area contributed by atoms with E-state index in [-0.39, 0.29) is 22.1 Å². The maximum Gasteiger partial charge on any atom is 0.259 e. The average molecular weight is 472 g/mol. The molecular weight excluding hydrogens is 442 g/mol. The van der Waals surface area contributed by atoms with Crippen LogP contribution in [0.3, 0.4) is 0 Å². The van der Waals surface area contributed by atoms with Gasteiger partial charge in [-0.2, -0.15) is 4.31 Å². The lowest BCUT2D eigenvalue weighted by Crippen LogP contribution is -2.37. The highest BCUT2D eigenvalue weighted by atomic mass is 32.2. The van der Waals surface area contributed by atoms with Crippen LogP contribution in [-0.4, -0.2) is 51.3 Å². The van der Waals surface area contributed by atoms with Gasteiger partial charge in [0.1, 0.15) is 5.75 Å². The molecule has 2 aromatic rings. The van der Waals surface area contributed by atoms with Gasteiger partial charge in [-0.3, -0.25) is 9.59 Å². The number of carbonyl (C=O) groups excluding carboxylic acids is 2. The van der Waals surface area contributed by atoms with Crippen LogP contribution in [0.4, 0.5) is 11.4 Å². The summed E-state index contributed by atoms with van der Waals surface area (Å²) < 4.78 is 33.1. The van der Waals surface area contributed by atoms with Gasteiger partial charge in [-0.15, -0.1) is 0 Å². The number of sulfonamides is 1. The number of rotatable bonds is 6. The fraction of sp³-hybridized carbons (Fsp3) is 0.417. The minimum Gasteiger partial charge on any atom is -0.496 e. The Morgan fingerprint density at radius 3 is 2.36 bits per heavy atom. The molecule has 2 fully saturated rings. The van der Waals surface area contributed by atoms with E-state index in [0.717, 1.165) is 24.9 Å². The number of ether oxygens (including phenoxy) is 1. The third-order valence-electron chi connectivity index (χ3n) is 6.31. The van der Waals surface area contributed by atoms with E-state index in [4.69, 9.17) is 4.74 Å².